The monoisotopic (exact) mass is 268 g/mol. The highest BCUT2D eigenvalue weighted by atomic mass is 16.5. The van der Waals surface area contributed by atoms with Crippen molar-refractivity contribution in [3.63, 3.8) is 0 Å². The molecule has 112 valence electrons. The Kier molecular flexibility index (Phi) is 5.27. The standard InChI is InChI=1S/C16H32N2O/c1-16(2,3)13-5-7-14(8-6-13)17-11-15-12-18(4)9-10-19-15/h13-15,17H,5-12H2,1-4H3. The largest absolute Gasteiger partial charge is 0.374 e. The summed E-state index contributed by atoms with van der Waals surface area (Å²) in [5, 5.41) is 3.73. The van der Waals surface area contributed by atoms with Gasteiger partial charge in [-0.3, -0.25) is 0 Å². The van der Waals surface area contributed by atoms with Crippen LogP contribution >= 0.6 is 0 Å². The van der Waals surface area contributed by atoms with Crippen LogP contribution in [-0.2, 0) is 4.74 Å². The molecule has 2 fully saturated rings. The molecule has 0 bridgehead atoms. The summed E-state index contributed by atoms with van der Waals surface area (Å²) in [6.45, 7) is 11.2. The van der Waals surface area contributed by atoms with Crippen LogP contribution in [0.4, 0.5) is 0 Å². The number of nitrogens with zero attached hydrogens (tertiary/aromatic N) is 1. The Labute approximate surface area is 119 Å². The average Bonchev–Trinajstić information content (AvgIpc) is 2.36. The third-order valence-electron chi connectivity index (χ3n) is 4.93. The lowest BCUT2D eigenvalue weighted by atomic mass is 9.71. The van der Waals surface area contributed by atoms with Crippen LogP contribution in [0.2, 0.25) is 0 Å². The van der Waals surface area contributed by atoms with Gasteiger partial charge in [0.15, 0.2) is 0 Å². The van der Waals surface area contributed by atoms with E-state index in [2.05, 4.69) is 38.0 Å². The van der Waals surface area contributed by atoms with Crippen molar-refractivity contribution in [2.24, 2.45) is 11.3 Å². The fraction of sp³-hybridized carbons (Fsp3) is 1.00. The van der Waals surface area contributed by atoms with E-state index in [4.69, 9.17) is 4.74 Å². The predicted molar refractivity (Wildman–Crippen MR) is 80.4 cm³/mol. The number of hydrogen-bond donors (Lipinski definition) is 1. The number of likely N-dealkylation sites (N-methyl/N-ethyl adjacent to an activating group) is 1. The van der Waals surface area contributed by atoms with Crippen molar-refractivity contribution in [1.29, 1.82) is 0 Å². The maximum absolute atomic E-state index is 5.81. The second-order valence-electron chi connectivity index (χ2n) is 7.58. The van der Waals surface area contributed by atoms with E-state index in [1.807, 2.05) is 0 Å². The summed E-state index contributed by atoms with van der Waals surface area (Å²) in [7, 11) is 2.18. The molecular formula is C16H32N2O. The molecule has 1 saturated heterocycles. The Bertz CT molecular complexity index is 266. The Hall–Kier alpha value is -0.120. The van der Waals surface area contributed by atoms with Gasteiger partial charge in [0.05, 0.1) is 12.7 Å². The molecule has 0 amide bonds. The third-order valence-corrected chi connectivity index (χ3v) is 4.93. The van der Waals surface area contributed by atoms with Gasteiger partial charge in [0.2, 0.25) is 0 Å². The van der Waals surface area contributed by atoms with Gasteiger partial charge in [-0.2, -0.15) is 0 Å². The second-order valence-corrected chi connectivity index (χ2v) is 7.58. The van der Waals surface area contributed by atoms with Gasteiger partial charge < -0.3 is 15.0 Å². The van der Waals surface area contributed by atoms with Crippen LogP contribution < -0.4 is 5.32 Å². The fourth-order valence-electron chi connectivity index (χ4n) is 3.45. The maximum Gasteiger partial charge on any atom is 0.0826 e. The van der Waals surface area contributed by atoms with Crippen LogP contribution in [0, 0.1) is 11.3 Å². The quantitative estimate of drug-likeness (QED) is 0.851. The molecular weight excluding hydrogens is 236 g/mol. The molecule has 2 aliphatic rings. The minimum absolute atomic E-state index is 0.388. The van der Waals surface area contributed by atoms with E-state index in [1.165, 1.54) is 25.7 Å². The number of morpholine rings is 1. The van der Waals surface area contributed by atoms with Gasteiger partial charge in [0, 0.05) is 25.7 Å². The van der Waals surface area contributed by atoms with E-state index in [0.29, 0.717) is 11.5 Å². The van der Waals surface area contributed by atoms with Crippen LogP contribution in [0.5, 0.6) is 0 Å². The molecule has 1 atom stereocenters. The highest BCUT2D eigenvalue weighted by molar-refractivity contribution is 4.84. The van der Waals surface area contributed by atoms with Crippen LogP contribution in [0.25, 0.3) is 0 Å². The van der Waals surface area contributed by atoms with Gasteiger partial charge in [-0.15, -0.1) is 0 Å². The molecule has 1 N–H and O–H groups in total. The van der Waals surface area contributed by atoms with Gasteiger partial charge in [-0.1, -0.05) is 20.8 Å². The average molecular weight is 268 g/mol. The summed E-state index contributed by atoms with van der Waals surface area (Å²) in [6.07, 6.45) is 5.83. The van der Waals surface area contributed by atoms with E-state index in [-0.39, 0.29) is 0 Å². The van der Waals surface area contributed by atoms with Crippen LogP contribution in [0.1, 0.15) is 46.5 Å². The number of hydrogen-bond acceptors (Lipinski definition) is 3. The van der Waals surface area contributed by atoms with Crippen molar-refractivity contribution in [2.45, 2.75) is 58.6 Å². The van der Waals surface area contributed by atoms with Gasteiger partial charge in [0.25, 0.3) is 0 Å². The number of ether oxygens (including phenoxy) is 1. The molecule has 0 radical (unpaired) electrons. The highest BCUT2D eigenvalue weighted by Crippen LogP contribution is 2.37. The molecule has 0 aromatic carbocycles. The topological polar surface area (TPSA) is 24.5 Å². The van der Waals surface area contributed by atoms with E-state index >= 15 is 0 Å². The molecule has 1 unspecified atom stereocenters. The van der Waals surface area contributed by atoms with E-state index in [0.717, 1.165) is 38.2 Å². The van der Waals surface area contributed by atoms with E-state index in [1.54, 1.807) is 0 Å². The summed E-state index contributed by atoms with van der Waals surface area (Å²) in [5.41, 5.74) is 0.486. The van der Waals surface area contributed by atoms with Gasteiger partial charge in [-0.25, -0.2) is 0 Å². The maximum atomic E-state index is 5.81. The number of rotatable bonds is 3. The molecule has 1 aliphatic carbocycles. The van der Waals surface area contributed by atoms with Crippen molar-refractivity contribution in [1.82, 2.24) is 10.2 Å². The molecule has 0 aromatic heterocycles. The van der Waals surface area contributed by atoms with Crippen molar-refractivity contribution >= 4 is 0 Å². The molecule has 19 heavy (non-hydrogen) atoms. The zero-order valence-electron chi connectivity index (χ0n) is 13.2. The molecule has 3 heteroatoms. The van der Waals surface area contributed by atoms with Gasteiger partial charge in [-0.05, 0) is 44.1 Å². The molecule has 1 heterocycles. The summed E-state index contributed by atoms with van der Waals surface area (Å²) >= 11 is 0. The Morgan fingerprint density at radius 2 is 1.84 bits per heavy atom. The van der Waals surface area contributed by atoms with E-state index in [9.17, 15) is 0 Å². The Morgan fingerprint density at radius 1 is 1.16 bits per heavy atom. The van der Waals surface area contributed by atoms with Gasteiger partial charge >= 0.3 is 0 Å². The summed E-state index contributed by atoms with van der Waals surface area (Å²) in [6, 6.07) is 0.717. The molecule has 1 aliphatic heterocycles. The van der Waals surface area contributed by atoms with Crippen molar-refractivity contribution in [2.75, 3.05) is 33.3 Å². The Morgan fingerprint density at radius 3 is 2.42 bits per heavy atom. The lowest BCUT2D eigenvalue weighted by molar-refractivity contribution is -0.0202. The summed E-state index contributed by atoms with van der Waals surface area (Å²) in [4.78, 5) is 2.37. The zero-order chi connectivity index (χ0) is 13.9. The molecule has 0 aromatic rings. The van der Waals surface area contributed by atoms with Crippen molar-refractivity contribution in [3.8, 4) is 0 Å². The predicted octanol–water partition coefficient (Wildman–Crippen LogP) is 2.51. The minimum atomic E-state index is 0.388. The van der Waals surface area contributed by atoms with Crippen molar-refractivity contribution in [3.05, 3.63) is 0 Å². The Balaban J connectivity index is 1.66. The fourth-order valence-corrected chi connectivity index (χ4v) is 3.45. The second kappa shape index (κ2) is 6.55. The SMILES string of the molecule is CN1CCOC(CNC2CCC(C(C)(C)C)CC2)C1. The van der Waals surface area contributed by atoms with E-state index < -0.39 is 0 Å². The molecule has 3 nitrogen and oxygen atoms in total. The molecule has 0 spiro atoms. The lowest BCUT2D eigenvalue weighted by Gasteiger charge is -2.38. The smallest absolute Gasteiger partial charge is 0.0826 e. The first-order chi connectivity index (χ1) is 8.95. The molecule has 2 rings (SSSR count). The third kappa shape index (κ3) is 4.73. The van der Waals surface area contributed by atoms with Crippen LogP contribution in [-0.4, -0.2) is 50.3 Å². The molecule has 1 saturated carbocycles. The lowest BCUT2D eigenvalue weighted by Crippen LogP contribution is -2.47. The minimum Gasteiger partial charge on any atom is -0.374 e. The van der Waals surface area contributed by atoms with Crippen LogP contribution in [0.3, 0.4) is 0 Å². The highest BCUT2D eigenvalue weighted by Gasteiger charge is 2.29. The normalized spacial score (nSPS) is 34.4. The van der Waals surface area contributed by atoms with Crippen molar-refractivity contribution < 1.29 is 4.74 Å². The zero-order valence-corrected chi connectivity index (χ0v) is 13.2. The summed E-state index contributed by atoms with van der Waals surface area (Å²) < 4.78 is 5.81. The van der Waals surface area contributed by atoms with Crippen LogP contribution in [0.15, 0.2) is 0 Å². The summed E-state index contributed by atoms with van der Waals surface area (Å²) in [5.74, 6) is 0.905. The van der Waals surface area contributed by atoms with Gasteiger partial charge in [0.1, 0.15) is 0 Å². The first kappa shape index (κ1) is 15.3. The number of nitrogens with one attached hydrogen (secondary N) is 1. The first-order valence-electron chi connectivity index (χ1n) is 7.98. The first-order valence-corrected chi connectivity index (χ1v) is 7.98.